The monoisotopic (exact) mass is 417 g/mol. The molecule has 2 aromatic rings. The first-order chi connectivity index (χ1) is 13.7. The Hall–Kier alpha value is -2.12. The Kier molecular flexibility index (Phi) is 7.68. The topological polar surface area (TPSA) is 64.6 Å². The summed E-state index contributed by atoms with van der Waals surface area (Å²) in [7, 11) is 0. The van der Waals surface area contributed by atoms with E-state index in [9.17, 15) is 9.59 Å². The van der Waals surface area contributed by atoms with Gasteiger partial charge in [0.25, 0.3) is 5.91 Å². The number of ether oxygens (including phenoxy) is 2. The summed E-state index contributed by atoms with van der Waals surface area (Å²) in [4.78, 5) is 24.2. The van der Waals surface area contributed by atoms with Crippen LogP contribution in [0.1, 0.15) is 33.8 Å². The molecule has 1 heterocycles. The summed E-state index contributed by atoms with van der Waals surface area (Å²) in [6.45, 7) is 2.16. The minimum Gasteiger partial charge on any atom is -0.494 e. The normalized spacial score (nSPS) is 14.3. The quantitative estimate of drug-likeness (QED) is 0.656. The molecule has 148 valence electrons. The van der Waals surface area contributed by atoms with E-state index in [-0.39, 0.29) is 12.5 Å². The van der Waals surface area contributed by atoms with Crippen LogP contribution in [0.2, 0.25) is 0 Å². The fourth-order valence-corrected chi connectivity index (χ4v) is 5.56. The average molecular weight is 418 g/mol. The Labute approximate surface area is 173 Å². The van der Waals surface area contributed by atoms with Crippen molar-refractivity contribution in [2.24, 2.45) is 0 Å². The van der Waals surface area contributed by atoms with E-state index < -0.39 is 5.97 Å². The molecule has 0 spiro atoms. The molecule has 3 rings (SSSR count). The van der Waals surface area contributed by atoms with Crippen LogP contribution in [-0.4, -0.2) is 36.6 Å². The van der Waals surface area contributed by atoms with Crippen molar-refractivity contribution >= 4 is 41.1 Å². The average Bonchev–Trinajstić information content (AvgIpc) is 2.74. The highest BCUT2D eigenvalue weighted by Gasteiger charge is 2.17. The molecule has 0 aromatic heterocycles. The summed E-state index contributed by atoms with van der Waals surface area (Å²) in [6, 6.07) is 14.5. The molecular formula is C21H23NO4S2. The molecule has 0 radical (unpaired) electrons. The van der Waals surface area contributed by atoms with E-state index in [1.54, 1.807) is 36.4 Å². The van der Waals surface area contributed by atoms with E-state index in [1.165, 1.54) is 23.5 Å². The summed E-state index contributed by atoms with van der Waals surface area (Å²) >= 11 is 3.87. The second-order valence-electron chi connectivity index (χ2n) is 6.13. The van der Waals surface area contributed by atoms with Gasteiger partial charge in [-0.15, -0.1) is 23.5 Å². The molecule has 1 aliphatic heterocycles. The van der Waals surface area contributed by atoms with E-state index in [1.807, 2.05) is 42.6 Å². The zero-order valence-electron chi connectivity index (χ0n) is 15.7. The van der Waals surface area contributed by atoms with Gasteiger partial charge in [0.05, 0.1) is 16.8 Å². The molecule has 5 nitrogen and oxygen atoms in total. The molecule has 1 amide bonds. The summed E-state index contributed by atoms with van der Waals surface area (Å²) in [5.41, 5.74) is 2.28. The maximum atomic E-state index is 12.2. The fourth-order valence-electron chi connectivity index (χ4n) is 2.67. The van der Waals surface area contributed by atoms with Crippen molar-refractivity contribution < 1.29 is 19.1 Å². The van der Waals surface area contributed by atoms with Crippen LogP contribution in [0.3, 0.4) is 0 Å². The largest absolute Gasteiger partial charge is 0.494 e. The summed E-state index contributed by atoms with van der Waals surface area (Å²) in [5, 5.41) is 2.69. The number of nitrogens with one attached hydrogen (secondary N) is 1. The van der Waals surface area contributed by atoms with Crippen molar-refractivity contribution in [3.05, 3.63) is 59.7 Å². The molecule has 0 bridgehead atoms. The van der Waals surface area contributed by atoms with Gasteiger partial charge in [-0.3, -0.25) is 4.79 Å². The van der Waals surface area contributed by atoms with Gasteiger partial charge in [-0.25, -0.2) is 4.79 Å². The zero-order chi connectivity index (χ0) is 19.8. The van der Waals surface area contributed by atoms with Crippen molar-refractivity contribution in [1.29, 1.82) is 0 Å². The molecule has 1 aliphatic rings. The summed E-state index contributed by atoms with van der Waals surface area (Å²) < 4.78 is 10.9. The molecular weight excluding hydrogens is 394 g/mol. The molecule has 0 atom stereocenters. The van der Waals surface area contributed by atoms with Crippen molar-refractivity contribution in [3.63, 3.8) is 0 Å². The number of anilines is 1. The first-order valence-corrected chi connectivity index (χ1v) is 11.3. The van der Waals surface area contributed by atoms with E-state index in [0.717, 1.165) is 5.75 Å². The first-order valence-electron chi connectivity index (χ1n) is 9.18. The van der Waals surface area contributed by atoms with E-state index in [0.29, 0.717) is 22.4 Å². The molecule has 1 saturated heterocycles. The molecule has 2 aromatic carbocycles. The van der Waals surface area contributed by atoms with Crippen molar-refractivity contribution in [1.82, 2.24) is 0 Å². The molecule has 1 fully saturated rings. The Morgan fingerprint density at radius 2 is 1.71 bits per heavy atom. The lowest BCUT2D eigenvalue weighted by molar-refractivity contribution is -0.119. The lowest BCUT2D eigenvalue weighted by Gasteiger charge is -2.21. The molecule has 28 heavy (non-hydrogen) atoms. The van der Waals surface area contributed by atoms with Crippen LogP contribution >= 0.6 is 23.5 Å². The third-order valence-corrected chi connectivity index (χ3v) is 7.04. The maximum Gasteiger partial charge on any atom is 0.338 e. The van der Waals surface area contributed by atoms with Crippen molar-refractivity contribution in [3.8, 4) is 5.75 Å². The number of hydrogen-bond acceptors (Lipinski definition) is 6. The third-order valence-electron chi connectivity index (χ3n) is 4.03. The van der Waals surface area contributed by atoms with Gasteiger partial charge >= 0.3 is 5.97 Å². The van der Waals surface area contributed by atoms with E-state index in [2.05, 4.69) is 5.32 Å². The summed E-state index contributed by atoms with van der Waals surface area (Å²) in [5.74, 6) is 2.19. The molecule has 0 saturated carbocycles. The number of thioether (sulfide) groups is 2. The number of rotatable bonds is 7. The Bertz CT molecular complexity index is 787. The minimum atomic E-state index is -0.502. The Morgan fingerprint density at radius 3 is 2.36 bits per heavy atom. The van der Waals surface area contributed by atoms with Gasteiger partial charge in [0.15, 0.2) is 6.61 Å². The number of amides is 1. The fraction of sp³-hybridized carbons (Fsp3) is 0.333. The second-order valence-corrected chi connectivity index (χ2v) is 8.86. The van der Waals surface area contributed by atoms with Gasteiger partial charge in [-0.1, -0.05) is 12.1 Å². The maximum absolute atomic E-state index is 12.2. The number of hydrogen-bond donors (Lipinski definition) is 1. The van der Waals surface area contributed by atoms with E-state index in [4.69, 9.17) is 9.47 Å². The Morgan fingerprint density at radius 1 is 1.04 bits per heavy atom. The lowest BCUT2D eigenvalue weighted by Crippen LogP contribution is -2.20. The number of esters is 1. The predicted octanol–water partition coefficient (Wildman–Crippen LogP) is 4.75. The highest BCUT2D eigenvalue weighted by molar-refractivity contribution is 8.16. The number of benzene rings is 2. The predicted molar refractivity (Wildman–Crippen MR) is 115 cm³/mol. The minimum absolute atomic E-state index is 0.331. The molecule has 7 heteroatoms. The highest BCUT2D eigenvalue weighted by Crippen LogP contribution is 2.43. The molecule has 1 N–H and O–H groups in total. The van der Waals surface area contributed by atoms with Gasteiger partial charge in [0.2, 0.25) is 0 Å². The van der Waals surface area contributed by atoms with Gasteiger partial charge in [-0.05, 0) is 66.8 Å². The third kappa shape index (κ3) is 5.94. The van der Waals surface area contributed by atoms with Gasteiger partial charge < -0.3 is 14.8 Å². The van der Waals surface area contributed by atoms with Crippen LogP contribution in [0, 0.1) is 0 Å². The van der Waals surface area contributed by atoms with Crippen LogP contribution in [0.5, 0.6) is 5.75 Å². The zero-order valence-corrected chi connectivity index (χ0v) is 17.3. The van der Waals surface area contributed by atoms with Crippen molar-refractivity contribution in [2.45, 2.75) is 17.9 Å². The van der Waals surface area contributed by atoms with Gasteiger partial charge in [0, 0.05) is 5.69 Å². The van der Waals surface area contributed by atoms with Crippen LogP contribution < -0.4 is 10.1 Å². The van der Waals surface area contributed by atoms with Gasteiger partial charge in [-0.2, -0.15) is 0 Å². The standard InChI is InChI=1S/C21H23NO4S2/c1-2-25-18-10-8-17(9-11-18)22-19(23)14-26-20(24)15-4-6-16(7-5-15)21-27-12-3-13-28-21/h4-11,21H,2-3,12-14H2,1H3,(H,22,23). The van der Waals surface area contributed by atoms with E-state index >= 15 is 0 Å². The number of carbonyl (C=O) groups is 2. The Balaban J connectivity index is 1.47. The number of carbonyl (C=O) groups excluding carboxylic acids is 2. The highest BCUT2D eigenvalue weighted by atomic mass is 32.2. The first kappa shape index (κ1) is 20.6. The van der Waals surface area contributed by atoms with Gasteiger partial charge in [0.1, 0.15) is 5.75 Å². The van der Waals surface area contributed by atoms with Crippen LogP contribution in [-0.2, 0) is 9.53 Å². The van der Waals surface area contributed by atoms with Crippen LogP contribution in [0.25, 0.3) is 0 Å². The smallest absolute Gasteiger partial charge is 0.338 e. The SMILES string of the molecule is CCOc1ccc(NC(=O)COC(=O)c2ccc(C3SCCCS3)cc2)cc1. The molecule has 0 unspecified atom stereocenters. The van der Waals surface area contributed by atoms with Crippen molar-refractivity contribution in [2.75, 3.05) is 30.0 Å². The molecule has 0 aliphatic carbocycles. The second kappa shape index (κ2) is 10.4. The summed E-state index contributed by atoms with van der Waals surface area (Å²) in [6.07, 6.45) is 1.25. The van der Waals surface area contributed by atoms with Crippen LogP contribution in [0.15, 0.2) is 48.5 Å². The lowest BCUT2D eigenvalue weighted by atomic mass is 10.1. The van der Waals surface area contributed by atoms with Crippen LogP contribution in [0.4, 0.5) is 5.69 Å².